The van der Waals surface area contributed by atoms with Crippen LogP contribution in [0.4, 0.5) is 43.9 Å². The quantitative estimate of drug-likeness (QED) is 0.233. The van der Waals surface area contributed by atoms with Crippen molar-refractivity contribution in [1.29, 1.82) is 0 Å². The van der Waals surface area contributed by atoms with Crippen LogP contribution in [0.5, 0.6) is 0 Å². The van der Waals surface area contributed by atoms with E-state index >= 15 is 17.6 Å². The fourth-order valence-corrected chi connectivity index (χ4v) is 4.85. The van der Waals surface area contributed by atoms with Crippen LogP contribution in [0.2, 0.25) is 11.6 Å². The van der Waals surface area contributed by atoms with Gasteiger partial charge in [-0.05, 0) is 0 Å². The Morgan fingerprint density at radius 1 is 0.364 bits per heavy atom. The normalized spacial score (nSPS) is 16.1. The summed E-state index contributed by atoms with van der Waals surface area (Å²) in [6, 6.07) is 0. The van der Waals surface area contributed by atoms with Crippen molar-refractivity contribution in [2.24, 2.45) is 0 Å². The fraction of sp³-hybridized carbons (Fsp3) is 0.0909. The highest BCUT2D eigenvalue weighted by Crippen LogP contribution is 2.43. The zero-order valence-corrected chi connectivity index (χ0v) is 16.1. The molecule has 2 aliphatic rings. The zero-order chi connectivity index (χ0) is 24.2. The van der Waals surface area contributed by atoms with E-state index in [2.05, 4.69) is 0 Å². The van der Waals surface area contributed by atoms with E-state index in [1.807, 2.05) is 0 Å². The Bertz CT molecular complexity index is 1110. The smallest absolute Gasteiger partial charge is 0.200 e. The molecule has 33 heavy (non-hydrogen) atoms. The van der Waals surface area contributed by atoms with Gasteiger partial charge in [0.25, 0.3) is 0 Å². The lowest BCUT2D eigenvalue weighted by molar-refractivity contribution is 0.381. The molecule has 0 aliphatic heterocycles. The summed E-state index contributed by atoms with van der Waals surface area (Å²) in [7, 11) is 0. The third-order valence-corrected chi connectivity index (χ3v) is 6.21. The van der Waals surface area contributed by atoms with Crippen LogP contribution in [0.15, 0.2) is 48.6 Å². The topological polar surface area (TPSA) is 0 Å². The van der Waals surface area contributed by atoms with Crippen LogP contribution in [-0.4, -0.2) is 6.15 Å². The van der Waals surface area contributed by atoms with Crippen LogP contribution in [0.25, 0.3) is 0 Å². The van der Waals surface area contributed by atoms with Crippen LogP contribution < -0.4 is 10.9 Å². The Morgan fingerprint density at radius 2 is 0.576 bits per heavy atom. The molecule has 172 valence electrons. The summed E-state index contributed by atoms with van der Waals surface area (Å²) < 4.78 is 145. The molecule has 0 bridgehead atoms. The number of halogens is 10. The minimum atomic E-state index is -3.97. The minimum absolute atomic E-state index is 1.12. The molecule has 0 N–H and O–H groups in total. The molecule has 0 aromatic heterocycles. The van der Waals surface area contributed by atoms with Crippen LogP contribution >= 0.6 is 0 Å². The van der Waals surface area contributed by atoms with Gasteiger partial charge in [-0.3, -0.25) is 0 Å². The van der Waals surface area contributed by atoms with Gasteiger partial charge in [-0.15, -0.1) is 46.9 Å². The first-order valence-electron chi connectivity index (χ1n) is 9.47. The van der Waals surface area contributed by atoms with Gasteiger partial charge in [-0.1, -0.05) is 24.3 Å². The molecule has 0 radical (unpaired) electrons. The highest BCUT2D eigenvalue weighted by atomic mass is 19.2. The predicted molar refractivity (Wildman–Crippen MR) is 102 cm³/mol. The Balaban J connectivity index is 2.30. The lowest BCUT2D eigenvalue weighted by atomic mass is 9.08. The molecule has 0 saturated heterocycles. The summed E-state index contributed by atoms with van der Waals surface area (Å²) in [6.45, 7) is 0. The molecule has 2 aliphatic carbocycles. The monoisotopic (exact) mass is 475 g/mol. The first-order chi connectivity index (χ1) is 15.6. The molecule has 0 nitrogen and oxygen atoms in total. The van der Waals surface area contributed by atoms with E-state index in [4.69, 9.17) is 0 Å². The summed E-state index contributed by atoms with van der Waals surface area (Å²) in [5.41, 5.74) is -3.34. The average Bonchev–Trinajstić information content (AvgIpc) is 3.53. The van der Waals surface area contributed by atoms with E-state index < -0.39 is 86.9 Å². The highest BCUT2D eigenvalue weighted by molar-refractivity contribution is 7.05. The SMILES string of the molecule is Fc1c(F)c(F)c([B-](c2c(F)c(F)c(F)c(F)c2F)(C2C=CC=C2)C2C=CC=C2)c(F)c1F. The van der Waals surface area contributed by atoms with E-state index in [0.29, 0.717) is 0 Å². The molecule has 0 spiro atoms. The molecular formula is C22H10BF10-. The maximum Gasteiger partial charge on any atom is 0.200 e. The second-order valence-corrected chi connectivity index (χ2v) is 7.66. The number of allylic oxidation sites excluding steroid dienone is 8. The number of hydrogen-bond donors (Lipinski definition) is 0. The minimum Gasteiger partial charge on any atom is -0.207 e. The van der Waals surface area contributed by atoms with E-state index in [1.54, 1.807) is 0 Å². The van der Waals surface area contributed by atoms with Crippen molar-refractivity contribution in [3.05, 3.63) is 107 Å². The number of benzene rings is 2. The lowest BCUT2D eigenvalue weighted by Gasteiger charge is -2.49. The molecule has 0 unspecified atom stereocenters. The summed E-state index contributed by atoms with van der Waals surface area (Å²) in [5.74, 6) is -27.5. The van der Waals surface area contributed by atoms with Gasteiger partial charge in [0.15, 0.2) is 34.9 Å². The number of rotatable bonds is 4. The zero-order valence-electron chi connectivity index (χ0n) is 16.1. The lowest BCUT2D eigenvalue weighted by Crippen LogP contribution is -2.68. The van der Waals surface area contributed by atoms with Crippen molar-refractivity contribution in [1.82, 2.24) is 0 Å². The summed E-state index contributed by atoms with van der Waals surface area (Å²) >= 11 is 0. The Hall–Kier alpha value is -3.24. The third kappa shape index (κ3) is 3.01. The first-order valence-corrected chi connectivity index (χ1v) is 9.47. The molecule has 0 atom stereocenters. The molecule has 0 fully saturated rings. The third-order valence-electron chi connectivity index (χ3n) is 6.21. The van der Waals surface area contributed by atoms with Crippen LogP contribution in [0.1, 0.15) is 0 Å². The Labute approximate surface area is 180 Å². The van der Waals surface area contributed by atoms with Gasteiger partial charge in [0.2, 0.25) is 0 Å². The Morgan fingerprint density at radius 3 is 0.818 bits per heavy atom. The summed E-state index contributed by atoms with van der Waals surface area (Å²) in [6.07, 6.45) is 5.52. The maximum absolute atomic E-state index is 15.1. The van der Waals surface area contributed by atoms with Crippen molar-refractivity contribution in [2.75, 3.05) is 0 Å². The molecule has 4 rings (SSSR count). The van der Waals surface area contributed by atoms with E-state index in [1.165, 1.54) is 24.3 Å². The summed E-state index contributed by atoms with van der Waals surface area (Å²) in [5, 5.41) is 0. The van der Waals surface area contributed by atoms with Crippen LogP contribution in [0, 0.1) is 58.2 Å². The average molecular weight is 475 g/mol. The van der Waals surface area contributed by atoms with Crippen molar-refractivity contribution in [3.8, 4) is 0 Å². The number of hydrogen-bond acceptors (Lipinski definition) is 0. The second kappa shape index (κ2) is 7.96. The van der Waals surface area contributed by atoms with Gasteiger partial charge in [0, 0.05) is 0 Å². The first kappa shape index (κ1) is 22.9. The van der Waals surface area contributed by atoms with Gasteiger partial charge in [0.1, 0.15) is 23.3 Å². The highest BCUT2D eigenvalue weighted by Gasteiger charge is 2.49. The van der Waals surface area contributed by atoms with Gasteiger partial charge < -0.3 is 0 Å². The van der Waals surface area contributed by atoms with Gasteiger partial charge in [-0.2, -0.15) is 0 Å². The van der Waals surface area contributed by atoms with Crippen molar-refractivity contribution in [2.45, 2.75) is 11.6 Å². The molecule has 0 amide bonds. The molecule has 0 saturated carbocycles. The van der Waals surface area contributed by atoms with E-state index in [-0.39, 0.29) is 0 Å². The molecule has 2 aromatic rings. The predicted octanol–water partition coefficient (Wildman–Crippen LogP) is 5.63. The standard InChI is InChI=1S/C22H10BF10/c24-13-11(14(25)18(29)21(32)17(13)28)23(9-5-1-2-6-9,10-7-3-4-8-10)12-15(26)19(30)22(33)20(31)16(12)27/h1-10H/q-1. The van der Waals surface area contributed by atoms with Crippen molar-refractivity contribution in [3.63, 3.8) is 0 Å². The fourth-order valence-electron chi connectivity index (χ4n) is 4.85. The molecule has 2 aromatic carbocycles. The van der Waals surface area contributed by atoms with E-state index in [9.17, 15) is 26.3 Å². The van der Waals surface area contributed by atoms with Crippen LogP contribution in [-0.2, 0) is 0 Å². The molecule has 0 heterocycles. The van der Waals surface area contributed by atoms with E-state index in [0.717, 1.165) is 24.3 Å². The Kier molecular flexibility index (Phi) is 5.54. The second-order valence-electron chi connectivity index (χ2n) is 7.66. The molecule has 11 heteroatoms. The van der Waals surface area contributed by atoms with Gasteiger partial charge >= 0.3 is 0 Å². The van der Waals surface area contributed by atoms with Crippen LogP contribution in [0.3, 0.4) is 0 Å². The maximum atomic E-state index is 15.1. The molecular weight excluding hydrogens is 465 g/mol. The largest absolute Gasteiger partial charge is 0.207 e. The summed E-state index contributed by atoms with van der Waals surface area (Å²) in [4.78, 5) is 0. The van der Waals surface area contributed by atoms with Gasteiger partial charge in [0.05, 0.1) is 6.15 Å². The van der Waals surface area contributed by atoms with Crippen molar-refractivity contribution < 1.29 is 43.9 Å². The van der Waals surface area contributed by atoms with Gasteiger partial charge in [-0.25, -0.2) is 43.9 Å². The van der Waals surface area contributed by atoms with Crippen molar-refractivity contribution >= 4 is 17.1 Å².